The highest BCUT2D eigenvalue weighted by Crippen LogP contribution is 2.27. The number of ether oxygens (including phenoxy) is 1. The van der Waals surface area contributed by atoms with Crippen molar-refractivity contribution < 1.29 is 17.9 Å². The summed E-state index contributed by atoms with van der Waals surface area (Å²) < 4.78 is 32.2. The number of hydrogen-bond acceptors (Lipinski definition) is 7. The predicted octanol–water partition coefficient (Wildman–Crippen LogP) is 3.18. The van der Waals surface area contributed by atoms with Crippen LogP contribution in [0.5, 0.6) is 5.75 Å². The Bertz CT molecular complexity index is 1070. The first-order valence-electron chi connectivity index (χ1n) is 8.81. The topological polar surface area (TPSA) is 111 Å². The Balaban J connectivity index is 1.57. The average Bonchev–Trinajstić information content (AvgIpc) is 3.29. The van der Waals surface area contributed by atoms with E-state index in [1.807, 2.05) is 0 Å². The molecule has 7 nitrogen and oxygen atoms in total. The molecule has 0 spiro atoms. The molecule has 2 heterocycles. The fourth-order valence-electron chi connectivity index (χ4n) is 2.96. The van der Waals surface area contributed by atoms with E-state index in [1.54, 1.807) is 53.9 Å². The molecule has 1 fully saturated rings. The number of hydrogen-bond donors (Lipinski definition) is 0. The average molecular weight is 428 g/mol. The molecule has 1 aromatic carbocycles. The molecule has 0 radical (unpaired) electrons. The number of benzene rings is 1. The fourth-order valence-corrected chi connectivity index (χ4v) is 5.57. The summed E-state index contributed by atoms with van der Waals surface area (Å²) in [4.78, 5) is 12.4. The van der Waals surface area contributed by atoms with Crippen LogP contribution in [0.4, 0.5) is 0 Å². The Labute approximate surface area is 173 Å². The van der Waals surface area contributed by atoms with Crippen molar-refractivity contribution >= 4 is 33.4 Å². The van der Waals surface area contributed by atoms with Crippen LogP contribution >= 0.6 is 11.3 Å². The van der Waals surface area contributed by atoms with E-state index in [1.165, 1.54) is 21.7 Å². The Morgan fingerprint density at radius 1 is 1.14 bits per heavy atom. The van der Waals surface area contributed by atoms with Gasteiger partial charge in [0, 0.05) is 13.1 Å². The number of nitrogens with zero attached hydrogens (tertiary/aromatic N) is 3. The largest absolute Gasteiger partial charge is 0.426 e. The van der Waals surface area contributed by atoms with Gasteiger partial charge in [0.25, 0.3) is 10.0 Å². The van der Waals surface area contributed by atoms with E-state index in [2.05, 4.69) is 0 Å². The monoisotopic (exact) mass is 427 g/mol. The zero-order valence-corrected chi connectivity index (χ0v) is 16.9. The van der Waals surface area contributed by atoms with E-state index in [0.29, 0.717) is 28.4 Å². The van der Waals surface area contributed by atoms with Crippen LogP contribution in [-0.4, -0.2) is 31.8 Å². The first-order chi connectivity index (χ1) is 13.9. The summed E-state index contributed by atoms with van der Waals surface area (Å²) in [7, 11) is -3.50. The summed E-state index contributed by atoms with van der Waals surface area (Å²) in [5, 5.41) is 19.3. The third kappa shape index (κ3) is 4.90. The molecule has 29 heavy (non-hydrogen) atoms. The van der Waals surface area contributed by atoms with Crippen molar-refractivity contribution in [2.75, 3.05) is 13.1 Å². The third-order valence-corrected chi connectivity index (χ3v) is 7.80. The van der Waals surface area contributed by atoms with Crippen molar-refractivity contribution in [3.8, 4) is 17.9 Å². The van der Waals surface area contributed by atoms with Crippen LogP contribution in [0.3, 0.4) is 0 Å². The second-order valence-electron chi connectivity index (χ2n) is 6.38. The quantitative estimate of drug-likeness (QED) is 0.412. The predicted molar refractivity (Wildman–Crippen MR) is 107 cm³/mol. The van der Waals surface area contributed by atoms with E-state index < -0.39 is 16.0 Å². The minimum Gasteiger partial charge on any atom is -0.426 e. The molecule has 0 bridgehead atoms. The third-order valence-electron chi connectivity index (χ3n) is 4.53. The molecule has 0 amide bonds. The lowest BCUT2D eigenvalue weighted by molar-refractivity contribution is -0.140. The van der Waals surface area contributed by atoms with E-state index in [4.69, 9.17) is 15.3 Å². The van der Waals surface area contributed by atoms with Crippen molar-refractivity contribution in [3.05, 3.63) is 52.9 Å². The SMILES string of the molecule is N#CC(C#N)=Cc1ccc(OC(=O)C2CCN(S(=O)(=O)c3cccs3)CC2)cc1. The van der Waals surface area contributed by atoms with Crippen molar-refractivity contribution in [2.24, 2.45) is 5.92 Å². The Hall–Kier alpha value is -2.98. The normalized spacial score (nSPS) is 15.1. The fraction of sp³-hybridized carbons (Fsp3) is 0.250. The van der Waals surface area contributed by atoms with Gasteiger partial charge in [-0.05, 0) is 48.1 Å². The molecule has 0 aliphatic carbocycles. The maximum atomic E-state index is 12.5. The number of piperidine rings is 1. The molecule has 3 rings (SSSR count). The molecule has 1 aliphatic rings. The smallest absolute Gasteiger partial charge is 0.314 e. The number of thiophene rings is 1. The van der Waals surface area contributed by atoms with Crippen LogP contribution in [0.2, 0.25) is 0 Å². The lowest BCUT2D eigenvalue weighted by Gasteiger charge is -2.29. The number of esters is 1. The summed E-state index contributed by atoms with van der Waals surface area (Å²) in [5.74, 6) is -0.402. The molecule has 1 saturated heterocycles. The first kappa shape index (κ1) is 20.7. The molecule has 148 valence electrons. The number of nitriles is 2. The van der Waals surface area contributed by atoms with Gasteiger partial charge in [0.2, 0.25) is 0 Å². The van der Waals surface area contributed by atoms with Crippen molar-refractivity contribution in [3.63, 3.8) is 0 Å². The van der Waals surface area contributed by atoms with Gasteiger partial charge in [-0.2, -0.15) is 14.8 Å². The van der Waals surface area contributed by atoms with E-state index >= 15 is 0 Å². The maximum Gasteiger partial charge on any atom is 0.314 e. The van der Waals surface area contributed by atoms with Gasteiger partial charge in [0.15, 0.2) is 0 Å². The Kier molecular flexibility index (Phi) is 6.45. The summed E-state index contributed by atoms with van der Waals surface area (Å²) in [5.41, 5.74) is 0.633. The van der Waals surface area contributed by atoms with Gasteiger partial charge in [0.05, 0.1) is 5.92 Å². The maximum absolute atomic E-state index is 12.5. The van der Waals surface area contributed by atoms with Crippen LogP contribution < -0.4 is 4.74 Å². The van der Waals surface area contributed by atoms with Crippen molar-refractivity contribution in [1.29, 1.82) is 10.5 Å². The van der Waals surface area contributed by atoms with Crippen LogP contribution in [-0.2, 0) is 14.8 Å². The minimum absolute atomic E-state index is 0.0148. The van der Waals surface area contributed by atoms with Gasteiger partial charge in [-0.25, -0.2) is 8.42 Å². The molecule has 1 aromatic heterocycles. The molecule has 0 unspecified atom stereocenters. The molecule has 0 saturated carbocycles. The van der Waals surface area contributed by atoms with Crippen molar-refractivity contribution in [1.82, 2.24) is 4.31 Å². The summed E-state index contributed by atoms with van der Waals surface area (Å²) in [6.07, 6.45) is 2.24. The molecule has 0 atom stereocenters. The summed E-state index contributed by atoms with van der Waals surface area (Å²) >= 11 is 1.18. The summed E-state index contributed by atoms with van der Waals surface area (Å²) in [6, 6.07) is 13.3. The van der Waals surface area contributed by atoms with Gasteiger partial charge in [0.1, 0.15) is 27.7 Å². The standard InChI is InChI=1S/C20H17N3O4S2/c21-13-16(14-22)12-15-3-5-18(6-4-15)27-20(24)17-7-9-23(10-8-17)29(25,26)19-2-1-11-28-19/h1-6,11-12,17H,7-10H2. The first-order valence-corrected chi connectivity index (χ1v) is 11.1. The molecule has 0 N–H and O–H groups in total. The number of carbonyl (C=O) groups is 1. The second-order valence-corrected chi connectivity index (χ2v) is 9.49. The minimum atomic E-state index is -3.50. The lowest BCUT2D eigenvalue weighted by Crippen LogP contribution is -2.40. The van der Waals surface area contributed by atoms with E-state index in [0.717, 1.165) is 0 Å². The van der Waals surface area contributed by atoms with E-state index in [9.17, 15) is 13.2 Å². The number of allylic oxidation sites excluding steroid dienone is 1. The van der Waals surface area contributed by atoms with Crippen LogP contribution in [0.15, 0.2) is 51.6 Å². The summed E-state index contributed by atoms with van der Waals surface area (Å²) in [6.45, 7) is 0.545. The van der Waals surface area contributed by atoms with Gasteiger partial charge < -0.3 is 4.74 Å². The van der Waals surface area contributed by atoms with Crippen LogP contribution in [0, 0.1) is 28.6 Å². The molecule has 9 heteroatoms. The molecule has 2 aromatic rings. The zero-order valence-electron chi connectivity index (χ0n) is 15.3. The van der Waals surface area contributed by atoms with Gasteiger partial charge in [-0.3, -0.25) is 4.79 Å². The highest BCUT2D eigenvalue weighted by Gasteiger charge is 2.33. The van der Waals surface area contributed by atoms with Crippen molar-refractivity contribution in [2.45, 2.75) is 17.1 Å². The van der Waals surface area contributed by atoms with Gasteiger partial charge in [-0.15, -0.1) is 11.3 Å². The Morgan fingerprint density at radius 2 is 1.79 bits per heavy atom. The molecular weight excluding hydrogens is 410 g/mol. The van der Waals surface area contributed by atoms with Gasteiger partial charge >= 0.3 is 5.97 Å². The molecule has 1 aliphatic heterocycles. The molecular formula is C20H17N3O4S2. The Morgan fingerprint density at radius 3 is 2.34 bits per heavy atom. The number of sulfonamides is 1. The highest BCUT2D eigenvalue weighted by atomic mass is 32.2. The van der Waals surface area contributed by atoms with Crippen LogP contribution in [0.25, 0.3) is 6.08 Å². The van der Waals surface area contributed by atoms with Gasteiger partial charge in [-0.1, -0.05) is 18.2 Å². The zero-order chi connectivity index (χ0) is 20.9. The second kappa shape index (κ2) is 9.01. The highest BCUT2D eigenvalue weighted by molar-refractivity contribution is 7.91. The number of carbonyl (C=O) groups excluding carboxylic acids is 1. The van der Waals surface area contributed by atoms with Crippen LogP contribution in [0.1, 0.15) is 18.4 Å². The van der Waals surface area contributed by atoms with E-state index in [-0.39, 0.29) is 24.6 Å². The lowest BCUT2D eigenvalue weighted by atomic mass is 9.98. The number of rotatable bonds is 5.